The summed E-state index contributed by atoms with van der Waals surface area (Å²) < 4.78 is 13.1. The Hall–Kier alpha value is -1.66. The molecule has 2 N–H and O–H groups in total. The predicted molar refractivity (Wildman–Crippen MR) is 81.6 cm³/mol. The molecule has 1 aliphatic heterocycles. The Morgan fingerprint density at radius 1 is 1.36 bits per heavy atom. The van der Waals surface area contributed by atoms with E-state index in [-0.39, 0.29) is 11.7 Å². The molecule has 0 spiro atoms. The van der Waals surface area contributed by atoms with Gasteiger partial charge in [0.1, 0.15) is 5.82 Å². The molecule has 1 fully saturated rings. The van der Waals surface area contributed by atoms with Crippen molar-refractivity contribution in [3.8, 4) is 0 Å². The lowest BCUT2D eigenvalue weighted by atomic mass is 10.1. The molecule has 1 atom stereocenters. The van der Waals surface area contributed by atoms with E-state index in [0.29, 0.717) is 37.7 Å². The third-order valence-corrected chi connectivity index (χ3v) is 4.21. The normalized spacial score (nSPS) is 19.8. The summed E-state index contributed by atoms with van der Waals surface area (Å²) in [4.78, 5) is 26.8. The van der Waals surface area contributed by atoms with Crippen LogP contribution in [-0.2, 0) is 16.1 Å². The van der Waals surface area contributed by atoms with E-state index in [0.717, 1.165) is 5.56 Å². The maximum absolute atomic E-state index is 13.1. The first kappa shape index (κ1) is 16.7. The lowest BCUT2D eigenvalue weighted by molar-refractivity contribution is -0.130. The van der Waals surface area contributed by atoms with E-state index in [1.165, 1.54) is 19.1 Å². The summed E-state index contributed by atoms with van der Waals surface area (Å²) in [6.45, 7) is 3.87. The molecule has 1 aromatic rings. The first-order chi connectivity index (χ1) is 10.4. The fourth-order valence-corrected chi connectivity index (χ4v) is 2.81. The standard InChI is InChI=1S/C15H19ClFN3O2/c1-10(21)20-5-4-19(8-12(9-20)15(18)22)7-11-2-3-13(17)6-14(11)16/h2-3,6,12H,4-5,7-9H2,1H3,(H2,18,22). The van der Waals surface area contributed by atoms with Gasteiger partial charge in [0.05, 0.1) is 5.92 Å². The summed E-state index contributed by atoms with van der Waals surface area (Å²) in [6, 6.07) is 4.25. The zero-order valence-corrected chi connectivity index (χ0v) is 13.1. The zero-order valence-electron chi connectivity index (χ0n) is 12.4. The number of nitrogens with two attached hydrogens (primary N) is 1. The molecule has 2 amide bonds. The van der Waals surface area contributed by atoms with Gasteiger partial charge in [0.2, 0.25) is 11.8 Å². The van der Waals surface area contributed by atoms with E-state index < -0.39 is 11.8 Å². The van der Waals surface area contributed by atoms with Crippen LogP contribution in [0.1, 0.15) is 12.5 Å². The van der Waals surface area contributed by atoms with Gasteiger partial charge < -0.3 is 10.6 Å². The van der Waals surface area contributed by atoms with E-state index in [2.05, 4.69) is 0 Å². The van der Waals surface area contributed by atoms with Crippen molar-refractivity contribution in [1.29, 1.82) is 0 Å². The predicted octanol–water partition coefficient (Wildman–Crippen LogP) is 1.24. The van der Waals surface area contributed by atoms with Crippen molar-refractivity contribution in [3.05, 3.63) is 34.6 Å². The number of nitrogens with zero attached hydrogens (tertiary/aromatic N) is 2. The fraction of sp³-hybridized carbons (Fsp3) is 0.467. The van der Waals surface area contributed by atoms with Crippen LogP contribution in [0.25, 0.3) is 0 Å². The Labute approximate surface area is 133 Å². The minimum absolute atomic E-state index is 0.0760. The topological polar surface area (TPSA) is 66.6 Å². The smallest absolute Gasteiger partial charge is 0.223 e. The highest BCUT2D eigenvalue weighted by Crippen LogP contribution is 2.20. The van der Waals surface area contributed by atoms with Crippen LogP contribution in [0.3, 0.4) is 0 Å². The summed E-state index contributed by atoms with van der Waals surface area (Å²) in [5.74, 6) is -1.32. The molecular formula is C15H19ClFN3O2. The molecule has 2 rings (SSSR count). The quantitative estimate of drug-likeness (QED) is 0.908. The summed E-state index contributed by atoms with van der Waals surface area (Å²) in [5, 5.41) is 0.350. The number of halogens is 2. The largest absolute Gasteiger partial charge is 0.369 e. The molecule has 5 nitrogen and oxygen atoms in total. The minimum atomic E-state index is -0.427. The van der Waals surface area contributed by atoms with E-state index in [1.807, 2.05) is 4.90 Å². The number of hydrogen-bond donors (Lipinski definition) is 1. The van der Waals surface area contributed by atoms with Crippen molar-refractivity contribution < 1.29 is 14.0 Å². The van der Waals surface area contributed by atoms with Gasteiger partial charge >= 0.3 is 0 Å². The Balaban J connectivity index is 2.13. The summed E-state index contributed by atoms with van der Waals surface area (Å²) >= 11 is 6.04. The van der Waals surface area contributed by atoms with Crippen molar-refractivity contribution >= 4 is 23.4 Å². The molecule has 0 radical (unpaired) electrons. The second kappa shape index (κ2) is 7.07. The van der Waals surface area contributed by atoms with Gasteiger partial charge in [-0.1, -0.05) is 17.7 Å². The number of carbonyl (C=O) groups is 2. The van der Waals surface area contributed by atoms with Crippen LogP contribution in [0.15, 0.2) is 18.2 Å². The summed E-state index contributed by atoms with van der Waals surface area (Å²) in [5.41, 5.74) is 6.21. The molecule has 0 aromatic heterocycles. The molecule has 120 valence electrons. The molecule has 1 unspecified atom stereocenters. The number of primary amides is 1. The maximum Gasteiger partial charge on any atom is 0.223 e. The molecule has 1 aromatic carbocycles. The van der Waals surface area contributed by atoms with Gasteiger partial charge in [-0.3, -0.25) is 14.5 Å². The Bertz CT molecular complexity index is 582. The number of rotatable bonds is 3. The number of amides is 2. The molecule has 22 heavy (non-hydrogen) atoms. The van der Waals surface area contributed by atoms with Crippen LogP contribution in [0.5, 0.6) is 0 Å². The molecule has 1 heterocycles. The molecule has 0 bridgehead atoms. The van der Waals surface area contributed by atoms with Crippen molar-refractivity contribution in [2.24, 2.45) is 11.7 Å². The van der Waals surface area contributed by atoms with E-state index in [4.69, 9.17) is 17.3 Å². The number of hydrogen-bond acceptors (Lipinski definition) is 3. The Kier molecular flexibility index (Phi) is 5.37. The van der Waals surface area contributed by atoms with E-state index in [1.54, 1.807) is 11.0 Å². The van der Waals surface area contributed by atoms with Crippen molar-refractivity contribution in [2.45, 2.75) is 13.5 Å². The molecule has 0 saturated carbocycles. The minimum Gasteiger partial charge on any atom is -0.369 e. The van der Waals surface area contributed by atoms with Gasteiger partial charge in [0.25, 0.3) is 0 Å². The van der Waals surface area contributed by atoms with Crippen molar-refractivity contribution in [2.75, 3.05) is 26.2 Å². The van der Waals surface area contributed by atoms with Gasteiger partial charge in [0.15, 0.2) is 0 Å². The molecular weight excluding hydrogens is 309 g/mol. The lowest BCUT2D eigenvalue weighted by Gasteiger charge is -2.22. The zero-order chi connectivity index (χ0) is 16.3. The van der Waals surface area contributed by atoms with Gasteiger partial charge in [-0.25, -0.2) is 4.39 Å². The van der Waals surface area contributed by atoms with Crippen LogP contribution < -0.4 is 5.73 Å². The van der Waals surface area contributed by atoms with Crippen LogP contribution in [-0.4, -0.2) is 47.8 Å². The number of benzene rings is 1. The molecule has 0 aliphatic carbocycles. The van der Waals surface area contributed by atoms with Crippen LogP contribution >= 0.6 is 11.6 Å². The van der Waals surface area contributed by atoms with Gasteiger partial charge in [-0.15, -0.1) is 0 Å². The van der Waals surface area contributed by atoms with Gasteiger partial charge in [-0.05, 0) is 17.7 Å². The highest BCUT2D eigenvalue weighted by Gasteiger charge is 2.27. The Morgan fingerprint density at radius 3 is 2.68 bits per heavy atom. The second-order valence-electron chi connectivity index (χ2n) is 5.54. The summed E-state index contributed by atoms with van der Waals surface area (Å²) in [7, 11) is 0. The number of carbonyl (C=O) groups excluding carboxylic acids is 2. The van der Waals surface area contributed by atoms with Crippen LogP contribution in [0.4, 0.5) is 4.39 Å². The molecule has 1 saturated heterocycles. The second-order valence-corrected chi connectivity index (χ2v) is 5.94. The average Bonchev–Trinajstić information content (AvgIpc) is 2.65. The highest BCUT2D eigenvalue weighted by atomic mass is 35.5. The van der Waals surface area contributed by atoms with Gasteiger partial charge in [0, 0.05) is 44.7 Å². The monoisotopic (exact) mass is 327 g/mol. The van der Waals surface area contributed by atoms with Crippen LogP contribution in [0, 0.1) is 11.7 Å². The first-order valence-corrected chi connectivity index (χ1v) is 7.45. The molecule has 1 aliphatic rings. The van der Waals surface area contributed by atoms with Crippen LogP contribution in [0.2, 0.25) is 5.02 Å². The van der Waals surface area contributed by atoms with Gasteiger partial charge in [-0.2, -0.15) is 0 Å². The molecule has 7 heteroatoms. The summed E-state index contributed by atoms with van der Waals surface area (Å²) in [6.07, 6.45) is 0. The van der Waals surface area contributed by atoms with Crippen molar-refractivity contribution in [1.82, 2.24) is 9.80 Å². The Morgan fingerprint density at radius 2 is 2.09 bits per heavy atom. The SMILES string of the molecule is CC(=O)N1CCN(Cc2ccc(F)cc2Cl)CC(C(N)=O)C1. The first-order valence-electron chi connectivity index (χ1n) is 7.08. The van der Waals surface area contributed by atoms with E-state index in [9.17, 15) is 14.0 Å². The maximum atomic E-state index is 13.1. The lowest BCUT2D eigenvalue weighted by Crippen LogP contribution is -2.39. The highest BCUT2D eigenvalue weighted by molar-refractivity contribution is 6.31. The third-order valence-electron chi connectivity index (χ3n) is 3.86. The van der Waals surface area contributed by atoms with E-state index >= 15 is 0 Å². The third kappa shape index (κ3) is 4.18. The van der Waals surface area contributed by atoms with Crippen molar-refractivity contribution in [3.63, 3.8) is 0 Å². The fourth-order valence-electron chi connectivity index (χ4n) is 2.58. The average molecular weight is 328 g/mol.